The normalized spacial score (nSPS) is 11.6. The van der Waals surface area contributed by atoms with Crippen molar-refractivity contribution in [1.82, 2.24) is 14.8 Å². The Morgan fingerprint density at radius 2 is 2.00 bits per heavy atom. The zero-order valence-corrected chi connectivity index (χ0v) is 15.2. The molecule has 0 aliphatic carbocycles. The molecule has 1 N–H and O–H groups in total. The minimum Gasteiger partial charge on any atom is -0.497 e. The molecule has 6 nitrogen and oxygen atoms in total. The van der Waals surface area contributed by atoms with E-state index >= 15 is 0 Å². The number of ether oxygens (including phenoxy) is 1. The summed E-state index contributed by atoms with van der Waals surface area (Å²) in [5.41, 5.74) is 2.78. The molecule has 26 heavy (non-hydrogen) atoms. The van der Waals surface area contributed by atoms with Crippen LogP contribution in [0.2, 0.25) is 0 Å². The number of benzene rings is 1. The second-order valence-electron chi connectivity index (χ2n) is 5.94. The monoisotopic (exact) mass is 350 g/mol. The van der Waals surface area contributed by atoms with Gasteiger partial charge in [0.25, 0.3) is 5.56 Å². The van der Waals surface area contributed by atoms with Crippen LogP contribution in [0.25, 0.3) is 5.69 Å². The van der Waals surface area contributed by atoms with Crippen molar-refractivity contribution in [2.75, 3.05) is 7.11 Å². The van der Waals surface area contributed by atoms with Gasteiger partial charge in [0.05, 0.1) is 24.1 Å². The second kappa shape index (κ2) is 7.82. The summed E-state index contributed by atoms with van der Waals surface area (Å²) in [5.74, 6) is 1.33. The number of H-pyrrole nitrogens is 1. The van der Waals surface area contributed by atoms with Crippen molar-refractivity contribution in [2.45, 2.75) is 26.7 Å². The fraction of sp³-hybridized carbons (Fsp3) is 0.250. The van der Waals surface area contributed by atoms with Crippen molar-refractivity contribution in [2.24, 2.45) is 4.99 Å². The number of pyridine rings is 1. The lowest BCUT2D eigenvalue weighted by Gasteiger charge is -2.03. The van der Waals surface area contributed by atoms with Crippen molar-refractivity contribution >= 4 is 11.5 Å². The highest BCUT2D eigenvalue weighted by Crippen LogP contribution is 2.16. The number of hydrogen-bond donors (Lipinski definition) is 1. The van der Waals surface area contributed by atoms with E-state index in [1.165, 1.54) is 0 Å². The molecule has 2 heterocycles. The number of rotatable bonds is 6. The topological polar surface area (TPSA) is 72.3 Å². The van der Waals surface area contributed by atoms with Gasteiger partial charge in [0.2, 0.25) is 0 Å². The number of aromatic amines is 1. The summed E-state index contributed by atoms with van der Waals surface area (Å²) in [6.07, 6.45) is 3.38. The van der Waals surface area contributed by atoms with Crippen molar-refractivity contribution in [3.63, 3.8) is 0 Å². The largest absolute Gasteiger partial charge is 0.497 e. The third kappa shape index (κ3) is 3.59. The van der Waals surface area contributed by atoms with Crippen LogP contribution in [0, 0.1) is 0 Å². The lowest BCUT2D eigenvalue weighted by Crippen LogP contribution is -2.19. The van der Waals surface area contributed by atoms with Gasteiger partial charge in [-0.15, -0.1) is 0 Å². The Balaban J connectivity index is 2.08. The molecule has 134 valence electrons. The number of nitrogens with zero attached hydrogens (tertiary/aromatic N) is 3. The zero-order chi connectivity index (χ0) is 18.5. The first-order chi connectivity index (χ1) is 12.6. The predicted molar refractivity (Wildman–Crippen MR) is 103 cm³/mol. The SMILES string of the molecule is CCCc1[nH]n(-c2ccc(OC)cc2)c(=O)c1C(C)=Nc1ccccn1. The van der Waals surface area contributed by atoms with Crippen LogP contribution >= 0.6 is 0 Å². The molecule has 6 heteroatoms. The van der Waals surface area contributed by atoms with Crippen LogP contribution < -0.4 is 10.3 Å². The van der Waals surface area contributed by atoms with E-state index in [1.807, 2.05) is 49.4 Å². The lowest BCUT2D eigenvalue weighted by atomic mass is 10.1. The molecule has 0 saturated heterocycles. The minimum absolute atomic E-state index is 0.115. The Labute approximate surface area is 152 Å². The smallest absolute Gasteiger partial charge is 0.280 e. The molecular weight excluding hydrogens is 328 g/mol. The average Bonchev–Trinajstić information content (AvgIpc) is 2.99. The van der Waals surface area contributed by atoms with Gasteiger partial charge in [0, 0.05) is 11.9 Å². The first kappa shape index (κ1) is 17.7. The number of nitrogens with one attached hydrogen (secondary N) is 1. The third-order valence-corrected chi connectivity index (χ3v) is 4.09. The van der Waals surface area contributed by atoms with Gasteiger partial charge in [-0.05, 0) is 49.7 Å². The van der Waals surface area contributed by atoms with E-state index in [9.17, 15) is 4.79 Å². The molecule has 0 atom stereocenters. The maximum absolute atomic E-state index is 13.1. The van der Waals surface area contributed by atoms with E-state index in [0.717, 1.165) is 30.0 Å². The van der Waals surface area contributed by atoms with Gasteiger partial charge in [0.15, 0.2) is 5.82 Å². The van der Waals surface area contributed by atoms with Gasteiger partial charge in [-0.1, -0.05) is 19.4 Å². The van der Waals surface area contributed by atoms with Crippen molar-refractivity contribution in [3.05, 3.63) is 70.3 Å². The molecule has 0 spiro atoms. The summed E-state index contributed by atoms with van der Waals surface area (Å²) in [6.45, 7) is 3.93. The fourth-order valence-corrected chi connectivity index (χ4v) is 2.85. The number of methoxy groups -OCH3 is 1. The average molecular weight is 350 g/mol. The molecule has 0 radical (unpaired) electrons. The number of aliphatic imine (C=N–C) groups is 1. The van der Waals surface area contributed by atoms with E-state index < -0.39 is 0 Å². The summed E-state index contributed by atoms with van der Waals surface area (Å²) >= 11 is 0. The van der Waals surface area contributed by atoms with E-state index in [2.05, 4.69) is 22.0 Å². The lowest BCUT2D eigenvalue weighted by molar-refractivity contribution is 0.414. The maximum Gasteiger partial charge on any atom is 0.280 e. The predicted octanol–water partition coefficient (Wildman–Crippen LogP) is 3.66. The molecule has 3 aromatic rings. The summed E-state index contributed by atoms with van der Waals surface area (Å²) < 4.78 is 6.74. The van der Waals surface area contributed by atoms with Crippen molar-refractivity contribution in [1.29, 1.82) is 0 Å². The molecule has 0 unspecified atom stereocenters. The Morgan fingerprint density at radius 1 is 1.23 bits per heavy atom. The summed E-state index contributed by atoms with van der Waals surface area (Å²) in [5, 5.41) is 3.23. The van der Waals surface area contributed by atoms with Crippen LogP contribution in [0.3, 0.4) is 0 Å². The molecule has 0 aliphatic heterocycles. The van der Waals surface area contributed by atoms with Gasteiger partial charge in [0.1, 0.15) is 5.75 Å². The molecule has 0 bridgehead atoms. The molecule has 0 aliphatic rings. The van der Waals surface area contributed by atoms with E-state index in [4.69, 9.17) is 4.74 Å². The van der Waals surface area contributed by atoms with Gasteiger partial charge in [-0.25, -0.2) is 14.7 Å². The van der Waals surface area contributed by atoms with Crippen LogP contribution in [0.4, 0.5) is 5.82 Å². The molecule has 1 aromatic carbocycles. The molecule has 0 saturated carbocycles. The Bertz CT molecular complexity index is 954. The van der Waals surface area contributed by atoms with Gasteiger partial charge < -0.3 is 4.74 Å². The fourth-order valence-electron chi connectivity index (χ4n) is 2.85. The Hall–Kier alpha value is -3.15. The summed E-state index contributed by atoms with van der Waals surface area (Å²) in [6, 6.07) is 12.9. The molecule has 0 fully saturated rings. The molecule has 3 rings (SSSR count). The highest BCUT2D eigenvalue weighted by Gasteiger charge is 2.17. The highest BCUT2D eigenvalue weighted by molar-refractivity contribution is 6.00. The highest BCUT2D eigenvalue weighted by atomic mass is 16.5. The second-order valence-corrected chi connectivity index (χ2v) is 5.94. The van der Waals surface area contributed by atoms with E-state index in [1.54, 1.807) is 18.0 Å². The van der Waals surface area contributed by atoms with Crippen LogP contribution in [0.1, 0.15) is 31.5 Å². The van der Waals surface area contributed by atoms with E-state index in [-0.39, 0.29) is 5.56 Å². The first-order valence-corrected chi connectivity index (χ1v) is 8.59. The zero-order valence-electron chi connectivity index (χ0n) is 15.2. The van der Waals surface area contributed by atoms with Gasteiger partial charge in [-0.3, -0.25) is 9.89 Å². The maximum atomic E-state index is 13.1. The standard InChI is InChI=1S/C20H22N4O2/c1-4-7-17-19(14(2)22-18-8-5-6-13-21-18)20(25)24(23-17)15-9-11-16(26-3)12-10-15/h5-6,8-13,23H,4,7H2,1-3H3. The molecular formula is C20H22N4O2. The molecule has 2 aromatic heterocycles. The number of aryl methyl sites for hydroxylation is 1. The Morgan fingerprint density at radius 3 is 2.62 bits per heavy atom. The van der Waals surface area contributed by atoms with Crippen LogP contribution in [-0.4, -0.2) is 27.6 Å². The minimum atomic E-state index is -0.115. The quantitative estimate of drug-likeness (QED) is 0.690. The summed E-state index contributed by atoms with van der Waals surface area (Å²) in [4.78, 5) is 21.8. The number of hydrogen-bond acceptors (Lipinski definition) is 4. The molecule has 0 amide bonds. The summed E-state index contributed by atoms with van der Waals surface area (Å²) in [7, 11) is 1.62. The van der Waals surface area contributed by atoms with Crippen molar-refractivity contribution in [3.8, 4) is 11.4 Å². The van der Waals surface area contributed by atoms with Crippen LogP contribution in [-0.2, 0) is 6.42 Å². The van der Waals surface area contributed by atoms with Crippen LogP contribution in [0.5, 0.6) is 5.75 Å². The van der Waals surface area contributed by atoms with Gasteiger partial charge >= 0.3 is 0 Å². The van der Waals surface area contributed by atoms with Crippen LogP contribution in [0.15, 0.2) is 58.4 Å². The third-order valence-electron chi connectivity index (χ3n) is 4.09. The number of aromatic nitrogens is 3. The Kier molecular flexibility index (Phi) is 5.31. The van der Waals surface area contributed by atoms with E-state index in [0.29, 0.717) is 17.1 Å². The first-order valence-electron chi connectivity index (χ1n) is 8.59. The van der Waals surface area contributed by atoms with Gasteiger partial charge in [-0.2, -0.15) is 0 Å². The van der Waals surface area contributed by atoms with Crippen molar-refractivity contribution < 1.29 is 4.74 Å².